The number of nitrogens with two attached hydrogens (primary N) is 1. The lowest BCUT2D eigenvalue weighted by Crippen LogP contribution is -2.51. The summed E-state index contributed by atoms with van der Waals surface area (Å²) in [4.78, 5) is 32.0. The Kier molecular flexibility index (Phi) is 13.6. The molecule has 1 atom stereocenters. The van der Waals surface area contributed by atoms with Crippen LogP contribution in [0.3, 0.4) is 0 Å². The number of guanidine groups is 1. The van der Waals surface area contributed by atoms with Crippen LogP contribution in [-0.4, -0.2) is 77.5 Å². The Morgan fingerprint density at radius 2 is 1.75 bits per heavy atom. The van der Waals surface area contributed by atoms with E-state index in [-0.39, 0.29) is 66.7 Å². The molecule has 4 N–H and O–H groups in total. The van der Waals surface area contributed by atoms with Crippen LogP contribution in [0.5, 0.6) is 5.75 Å². The maximum atomic E-state index is 13.9. The molecule has 1 amide bonds. The molecule has 3 aliphatic rings. The number of carbonyl (C=O) groups is 2. The molecule has 4 rings (SSSR count). The molecule has 0 radical (unpaired) electrons. The second kappa shape index (κ2) is 17.3. The van der Waals surface area contributed by atoms with E-state index in [1.165, 1.54) is 12.2 Å². The van der Waals surface area contributed by atoms with Gasteiger partial charge in [-0.15, -0.1) is 0 Å². The van der Waals surface area contributed by atoms with Crippen LogP contribution in [0.2, 0.25) is 0 Å². The highest BCUT2D eigenvalue weighted by Crippen LogP contribution is 2.43. The fourth-order valence-corrected chi connectivity index (χ4v) is 9.55. The molecule has 13 nitrogen and oxygen atoms in total. The first-order chi connectivity index (χ1) is 24.9. The SMILES string of the molecule is C=C1C=C(S(=O)(=O)N[C@@H](CCCN=C(N)NS(=O)(=O)c2c(C)c(C)c3c(c2C)CC(C)(C)O3)C(=O)N2CCC(C(=O)OCC)CC2)/C=C\C/C=C\C=C/1. The Morgan fingerprint density at radius 1 is 1.06 bits per heavy atom. The average molecular weight is 772 g/mol. The highest BCUT2D eigenvalue weighted by atomic mass is 32.2. The van der Waals surface area contributed by atoms with Crippen molar-refractivity contribution in [2.45, 2.75) is 96.6 Å². The minimum atomic E-state index is -4.21. The summed E-state index contributed by atoms with van der Waals surface area (Å²) in [7, 11) is -8.33. The molecule has 53 heavy (non-hydrogen) atoms. The normalized spacial score (nSPS) is 20.4. The second-order valence-electron chi connectivity index (χ2n) is 14.1. The molecule has 0 spiro atoms. The smallest absolute Gasteiger partial charge is 0.309 e. The zero-order valence-electron chi connectivity index (χ0n) is 31.5. The van der Waals surface area contributed by atoms with Gasteiger partial charge < -0.3 is 20.1 Å². The molecule has 0 aromatic heterocycles. The standard InChI is InChI=1S/C38H53N5O8S2/c1-8-50-36(45)29-18-21-43(22-19-29)35(44)32(41-52(46,47)30-16-13-11-9-10-12-15-25(2)23-30)17-14-20-40-37(39)42-53(48,49)34-27(4)26(3)33-31(28(34)5)24-38(6,7)51-33/h9-10,12-13,15-16,23,29,32,41H,2,8,11,14,17-22,24H2,1,3-7H3,(H3,39,40,42)/b10-9-,15-12-,16-13-,30-23?/t32-/m0/s1. The van der Waals surface area contributed by atoms with Gasteiger partial charge in [-0.25, -0.2) is 21.6 Å². The summed E-state index contributed by atoms with van der Waals surface area (Å²) in [5.74, 6) is -0.711. The van der Waals surface area contributed by atoms with Gasteiger partial charge in [0.15, 0.2) is 0 Å². The summed E-state index contributed by atoms with van der Waals surface area (Å²) < 4.78 is 71.0. The predicted octanol–water partition coefficient (Wildman–Crippen LogP) is 4.30. The summed E-state index contributed by atoms with van der Waals surface area (Å²) in [5, 5.41) is 0. The van der Waals surface area contributed by atoms with Crippen molar-refractivity contribution in [3.8, 4) is 5.75 Å². The first-order valence-corrected chi connectivity index (χ1v) is 20.9. The number of sulfonamides is 2. The van der Waals surface area contributed by atoms with Crippen LogP contribution in [0.4, 0.5) is 0 Å². The molecule has 2 aliphatic heterocycles. The number of hydrogen-bond donors (Lipinski definition) is 3. The van der Waals surface area contributed by atoms with Gasteiger partial charge in [-0.1, -0.05) is 37.0 Å². The number of hydrogen-bond acceptors (Lipinski definition) is 9. The van der Waals surface area contributed by atoms with Gasteiger partial charge in [0.05, 0.1) is 22.3 Å². The van der Waals surface area contributed by atoms with E-state index < -0.39 is 37.6 Å². The molecule has 1 aromatic carbocycles. The number of likely N-dealkylation sites (tertiary alicyclic amines) is 1. The molecule has 2 heterocycles. The second-order valence-corrected chi connectivity index (χ2v) is 17.5. The molecule has 0 bridgehead atoms. The van der Waals surface area contributed by atoms with Crippen LogP contribution < -0.4 is 19.9 Å². The number of ether oxygens (including phenoxy) is 2. The number of allylic oxidation sites excluding steroid dienone is 8. The third-order valence-electron chi connectivity index (χ3n) is 9.50. The molecule has 0 saturated carbocycles. The van der Waals surface area contributed by atoms with E-state index in [9.17, 15) is 26.4 Å². The van der Waals surface area contributed by atoms with Crippen molar-refractivity contribution < 1.29 is 35.9 Å². The Balaban J connectivity index is 1.50. The third kappa shape index (κ3) is 10.5. The molecule has 1 saturated heterocycles. The van der Waals surface area contributed by atoms with Crippen molar-refractivity contribution in [3.05, 3.63) is 81.8 Å². The fraction of sp³-hybridized carbons (Fsp3) is 0.500. The summed E-state index contributed by atoms with van der Waals surface area (Å²) in [6, 6.07) is -1.17. The van der Waals surface area contributed by atoms with Crippen molar-refractivity contribution >= 4 is 37.9 Å². The topological polar surface area (TPSA) is 187 Å². The number of carbonyl (C=O) groups excluding carboxylic acids is 2. The number of esters is 1. The molecular formula is C38H53N5O8S2. The maximum absolute atomic E-state index is 13.9. The quantitative estimate of drug-likeness (QED) is 0.121. The Morgan fingerprint density at radius 3 is 2.43 bits per heavy atom. The highest BCUT2D eigenvalue weighted by molar-refractivity contribution is 7.93. The lowest BCUT2D eigenvalue weighted by molar-refractivity contribution is -0.151. The van der Waals surface area contributed by atoms with Crippen molar-refractivity contribution in [1.29, 1.82) is 0 Å². The van der Waals surface area contributed by atoms with Gasteiger partial charge in [-0.05, 0) is 108 Å². The summed E-state index contributed by atoms with van der Waals surface area (Å²) in [6.45, 7) is 15.7. The highest BCUT2D eigenvalue weighted by Gasteiger charge is 2.37. The third-order valence-corrected chi connectivity index (χ3v) is 12.6. The Hall–Kier alpha value is -4.21. The van der Waals surface area contributed by atoms with Crippen molar-refractivity contribution in [2.24, 2.45) is 16.6 Å². The molecule has 1 aromatic rings. The van der Waals surface area contributed by atoms with Gasteiger partial charge in [0.2, 0.25) is 21.9 Å². The van der Waals surface area contributed by atoms with E-state index in [1.807, 2.05) is 32.9 Å². The van der Waals surface area contributed by atoms with E-state index in [0.717, 1.165) is 11.1 Å². The van der Waals surface area contributed by atoms with Gasteiger partial charge in [0.1, 0.15) is 17.4 Å². The molecular weight excluding hydrogens is 719 g/mol. The number of amides is 1. The van der Waals surface area contributed by atoms with Crippen LogP contribution in [0.25, 0.3) is 0 Å². The van der Waals surface area contributed by atoms with Crippen molar-refractivity contribution in [1.82, 2.24) is 14.3 Å². The van der Waals surface area contributed by atoms with Gasteiger partial charge in [0, 0.05) is 31.6 Å². The number of fused-ring (bicyclic) bond motifs is 1. The monoisotopic (exact) mass is 771 g/mol. The molecule has 1 aliphatic carbocycles. The number of nitrogens with zero attached hydrogens (tertiary/aromatic N) is 2. The maximum Gasteiger partial charge on any atom is 0.309 e. The lowest BCUT2D eigenvalue weighted by atomic mass is 9.94. The molecule has 0 unspecified atom stereocenters. The fourth-order valence-electron chi connectivity index (χ4n) is 6.71. The van der Waals surface area contributed by atoms with E-state index in [2.05, 4.69) is 21.0 Å². The first kappa shape index (κ1) is 41.5. The number of benzene rings is 1. The van der Waals surface area contributed by atoms with E-state index in [0.29, 0.717) is 48.1 Å². The van der Waals surface area contributed by atoms with Gasteiger partial charge in [-0.2, -0.15) is 4.72 Å². The summed E-state index contributed by atoms with van der Waals surface area (Å²) in [5.41, 5.74) is 8.80. The Labute approximate surface area is 314 Å². The van der Waals surface area contributed by atoms with Crippen LogP contribution in [-0.2, 0) is 40.8 Å². The van der Waals surface area contributed by atoms with Crippen LogP contribution >= 0.6 is 0 Å². The van der Waals surface area contributed by atoms with E-state index >= 15 is 0 Å². The predicted molar refractivity (Wildman–Crippen MR) is 206 cm³/mol. The molecule has 15 heteroatoms. The number of nitrogens with one attached hydrogen (secondary N) is 2. The number of rotatable bonds is 12. The molecule has 1 fully saturated rings. The minimum Gasteiger partial charge on any atom is -0.487 e. The number of aliphatic imine (C=N–C) groups is 1. The van der Waals surface area contributed by atoms with Crippen LogP contribution in [0.15, 0.2) is 69.5 Å². The Bertz CT molecular complexity index is 1970. The van der Waals surface area contributed by atoms with E-state index in [1.54, 1.807) is 43.9 Å². The van der Waals surface area contributed by atoms with Crippen LogP contribution in [0, 0.1) is 26.7 Å². The number of piperidine rings is 1. The first-order valence-electron chi connectivity index (χ1n) is 17.9. The van der Waals surface area contributed by atoms with Gasteiger partial charge >= 0.3 is 5.97 Å². The van der Waals surface area contributed by atoms with E-state index in [4.69, 9.17) is 15.2 Å². The zero-order valence-corrected chi connectivity index (χ0v) is 33.2. The zero-order chi connectivity index (χ0) is 39.1. The minimum absolute atomic E-state index is 0.00450. The van der Waals surface area contributed by atoms with Crippen molar-refractivity contribution in [3.63, 3.8) is 0 Å². The average Bonchev–Trinajstić information content (AvgIpc) is 3.43. The summed E-state index contributed by atoms with van der Waals surface area (Å²) >= 11 is 0. The van der Waals surface area contributed by atoms with Gasteiger partial charge in [0.25, 0.3) is 10.0 Å². The van der Waals surface area contributed by atoms with Crippen LogP contribution in [0.1, 0.15) is 75.1 Å². The largest absolute Gasteiger partial charge is 0.487 e. The van der Waals surface area contributed by atoms with Crippen molar-refractivity contribution in [2.75, 3.05) is 26.2 Å². The van der Waals surface area contributed by atoms with Gasteiger partial charge in [-0.3, -0.25) is 14.6 Å². The molecule has 290 valence electrons. The lowest BCUT2D eigenvalue weighted by Gasteiger charge is -2.33. The summed E-state index contributed by atoms with van der Waals surface area (Å²) in [6.07, 6.45) is 13.8.